The Hall–Kier alpha value is -2.85. The van der Waals surface area contributed by atoms with Gasteiger partial charge in [-0.3, -0.25) is 4.57 Å². The molecule has 0 saturated carbocycles. The van der Waals surface area contributed by atoms with Crippen molar-refractivity contribution in [2.24, 2.45) is 10.9 Å². The third-order valence-corrected chi connectivity index (χ3v) is 5.73. The number of methoxy groups -OCH3 is 1. The second kappa shape index (κ2) is 7.88. The number of hydrogen-bond acceptors (Lipinski definition) is 7. The van der Waals surface area contributed by atoms with Crippen LogP contribution in [0, 0.1) is 15.7 Å². The Morgan fingerprint density at radius 3 is 2.66 bits per heavy atom. The molecular weight excluding hydrogens is 419 g/mol. The number of hydrogen-bond donors (Lipinski definition) is 2. The maximum absolute atomic E-state index is 13.8. The number of ether oxygens (including phenoxy) is 1. The number of aromatic hydroxyl groups is 1. The molecule has 1 aromatic heterocycles. The van der Waals surface area contributed by atoms with E-state index in [1.165, 1.54) is 31.4 Å². The van der Waals surface area contributed by atoms with Gasteiger partial charge in [-0.25, -0.2) is 19.0 Å². The van der Waals surface area contributed by atoms with Gasteiger partial charge in [0, 0.05) is 11.1 Å². The highest BCUT2D eigenvalue weighted by atomic mass is 32.1. The van der Waals surface area contributed by atoms with Crippen LogP contribution in [0.2, 0.25) is 0 Å². The van der Waals surface area contributed by atoms with E-state index in [-0.39, 0.29) is 31.9 Å². The molecule has 152 valence electrons. The summed E-state index contributed by atoms with van der Waals surface area (Å²) in [6.07, 6.45) is 1.44. The molecule has 2 N–H and O–H groups in total. The lowest BCUT2D eigenvalue weighted by atomic mass is 10.0. The molecule has 1 aromatic carbocycles. The van der Waals surface area contributed by atoms with E-state index >= 15 is 0 Å². The van der Waals surface area contributed by atoms with Crippen LogP contribution in [0.5, 0.6) is 5.88 Å². The minimum atomic E-state index is -1.13. The third-order valence-electron chi connectivity index (χ3n) is 4.40. The molecule has 7 nitrogen and oxygen atoms in total. The van der Waals surface area contributed by atoms with E-state index in [1.54, 1.807) is 13.8 Å². The number of aliphatic imine (C=N–C) groups is 1. The lowest BCUT2D eigenvalue weighted by Gasteiger charge is -2.18. The Kier molecular flexibility index (Phi) is 5.67. The predicted octanol–water partition coefficient (Wildman–Crippen LogP) is 4.21. The standard InChI is InChI=1S/C19H17FN2O5S2/c1-8(2)15(17(24)25)22-16(23)13(29-19(22)28)7-11-10-6-9(20)4-5-12(10)21-14(11)18(26)27-3/h4-8,15,23H,1-3H3,(H,24,25)/t15-/m0/s1. The van der Waals surface area contributed by atoms with Gasteiger partial charge in [-0.15, -0.1) is 11.3 Å². The van der Waals surface area contributed by atoms with E-state index in [2.05, 4.69) is 4.99 Å². The molecule has 1 aliphatic rings. The molecule has 3 rings (SSSR count). The zero-order valence-corrected chi connectivity index (χ0v) is 17.3. The maximum atomic E-state index is 13.8. The summed E-state index contributed by atoms with van der Waals surface area (Å²) in [7, 11) is 1.20. The first kappa shape index (κ1) is 20.9. The van der Waals surface area contributed by atoms with Crippen LogP contribution in [-0.4, -0.2) is 39.5 Å². The summed E-state index contributed by atoms with van der Waals surface area (Å²) >= 11 is 6.24. The minimum Gasteiger partial charge on any atom is -0.493 e. The van der Waals surface area contributed by atoms with Crippen LogP contribution in [0.1, 0.15) is 30.3 Å². The number of rotatable bonds is 5. The van der Waals surface area contributed by atoms with Crippen LogP contribution in [0.4, 0.5) is 10.1 Å². The van der Waals surface area contributed by atoms with Crippen molar-refractivity contribution in [3.8, 4) is 5.88 Å². The molecule has 1 aliphatic heterocycles. The van der Waals surface area contributed by atoms with Crippen molar-refractivity contribution in [3.05, 3.63) is 38.4 Å². The van der Waals surface area contributed by atoms with Gasteiger partial charge < -0.3 is 14.9 Å². The van der Waals surface area contributed by atoms with Crippen molar-refractivity contribution in [1.82, 2.24) is 4.57 Å². The molecular formula is C19H17FN2O5S2. The van der Waals surface area contributed by atoms with Gasteiger partial charge in [-0.05, 0) is 42.4 Å². The minimum absolute atomic E-state index is 0.0444. The van der Waals surface area contributed by atoms with Crippen molar-refractivity contribution in [3.63, 3.8) is 0 Å². The van der Waals surface area contributed by atoms with Gasteiger partial charge >= 0.3 is 11.9 Å². The summed E-state index contributed by atoms with van der Waals surface area (Å²) in [5, 5.41) is 20.2. The Labute approximate surface area is 174 Å². The van der Waals surface area contributed by atoms with Gasteiger partial charge in [0.1, 0.15) is 11.9 Å². The molecule has 1 atom stereocenters. The van der Waals surface area contributed by atoms with E-state index in [4.69, 9.17) is 17.0 Å². The molecule has 2 heterocycles. The first-order chi connectivity index (χ1) is 13.6. The lowest BCUT2D eigenvalue weighted by molar-refractivity contribution is -0.142. The van der Waals surface area contributed by atoms with Crippen molar-refractivity contribution in [2.45, 2.75) is 19.9 Å². The monoisotopic (exact) mass is 436 g/mol. The summed E-state index contributed by atoms with van der Waals surface area (Å²) < 4.78 is 19.9. The number of aromatic nitrogens is 1. The van der Waals surface area contributed by atoms with Crippen LogP contribution in [-0.2, 0) is 14.3 Å². The molecule has 0 fully saturated rings. The molecule has 2 aromatic rings. The fraction of sp³-hybridized carbons (Fsp3) is 0.263. The Balaban J connectivity index is 2.20. The van der Waals surface area contributed by atoms with Gasteiger partial charge in [0.05, 0.1) is 17.7 Å². The van der Waals surface area contributed by atoms with Crippen molar-refractivity contribution < 1.29 is 28.9 Å². The number of carbonyl (C=O) groups is 2. The van der Waals surface area contributed by atoms with E-state index in [0.717, 1.165) is 15.9 Å². The molecule has 10 heteroatoms. The van der Waals surface area contributed by atoms with Gasteiger partial charge in [-0.1, -0.05) is 13.8 Å². The van der Waals surface area contributed by atoms with Gasteiger partial charge in [0.2, 0.25) is 5.88 Å². The van der Waals surface area contributed by atoms with E-state index in [1.807, 2.05) is 0 Å². The topological polar surface area (TPSA) is 101 Å². The summed E-state index contributed by atoms with van der Waals surface area (Å²) in [5.41, 5.74) is 0.943. The number of fused-ring (bicyclic) bond motifs is 1. The largest absolute Gasteiger partial charge is 0.493 e. The zero-order valence-electron chi connectivity index (χ0n) is 15.7. The fourth-order valence-corrected chi connectivity index (χ4v) is 4.41. The molecule has 0 spiro atoms. The zero-order chi connectivity index (χ0) is 21.5. The van der Waals surface area contributed by atoms with Crippen molar-refractivity contribution in [2.75, 3.05) is 7.11 Å². The molecule has 0 radical (unpaired) electrons. The quantitative estimate of drug-likeness (QED) is 0.538. The van der Waals surface area contributed by atoms with E-state index < -0.39 is 23.8 Å². The maximum Gasteiger partial charge on any atom is 0.357 e. The van der Waals surface area contributed by atoms with Gasteiger partial charge in [-0.2, -0.15) is 0 Å². The number of nitrogens with zero attached hydrogens (tertiary/aromatic N) is 2. The van der Waals surface area contributed by atoms with Crippen molar-refractivity contribution in [1.29, 1.82) is 0 Å². The summed E-state index contributed by atoms with van der Waals surface area (Å²) in [6, 6.07) is 2.81. The SMILES string of the molecule is COC(=O)C1=Nc2ccc(F)cc2C1=Cc1sc(=S)n([C@H](C(=O)O)C(C)C)c1O. The number of aliphatic carboxylic acids is 1. The highest BCUT2D eigenvalue weighted by Gasteiger charge is 2.31. The predicted molar refractivity (Wildman–Crippen MR) is 110 cm³/mol. The van der Waals surface area contributed by atoms with Crippen LogP contribution >= 0.6 is 23.6 Å². The number of esters is 1. The molecule has 0 amide bonds. The number of thiazole rings is 1. The molecule has 0 unspecified atom stereocenters. The smallest absolute Gasteiger partial charge is 0.357 e. The second-order valence-corrected chi connectivity index (χ2v) is 8.30. The lowest BCUT2D eigenvalue weighted by Crippen LogP contribution is -2.23. The van der Waals surface area contributed by atoms with Crippen LogP contribution < -0.4 is 0 Å². The second-order valence-electron chi connectivity index (χ2n) is 6.62. The van der Waals surface area contributed by atoms with Gasteiger partial charge in [0.15, 0.2) is 9.67 Å². The van der Waals surface area contributed by atoms with E-state index in [0.29, 0.717) is 11.3 Å². The first-order valence-electron chi connectivity index (χ1n) is 8.51. The number of halogens is 1. The normalized spacial score (nSPS) is 15.3. The van der Waals surface area contributed by atoms with Gasteiger partial charge in [0.25, 0.3) is 0 Å². The Morgan fingerprint density at radius 1 is 1.38 bits per heavy atom. The van der Waals surface area contributed by atoms with Crippen LogP contribution in [0.3, 0.4) is 0 Å². The average Bonchev–Trinajstić information content (AvgIpc) is 3.13. The molecule has 0 bridgehead atoms. The number of carboxylic acids is 1. The molecule has 29 heavy (non-hydrogen) atoms. The Morgan fingerprint density at radius 2 is 2.07 bits per heavy atom. The number of carboxylic acid groups (broad SMARTS) is 1. The average molecular weight is 436 g/mol. The summed E-state index contributed by atoms with van der Waals surface area (Å²) in [6.45, 7) is 3.40. The molecule has 0 saturated heterocycles. The third kappa shape index (κ3) is 3.73. The number of carbonyl (C=O) groups excluding carboxylic acids is 1. The fourth-order valence-electron chi connectivity index (χ4n) is 3.09. The summed E-state index contributed by atoms with van der Waals surface area (Å²) in [5.74, 6) is -3.05. The highest BCUT2D eigenvalue weighted by Crippen LogP contribution is 2.40. The first-order valence-corrected chi connectivity index (χ1v) is 9.74. The van der Waals surface area contributed by atoms with Crippen LogP contribution in [0.25, 0.3) is 11.6 Å². The van der Waals surface area contributed by atoms with E-state index in [9.17, 15) is 24.2 Å². The van der Waals surface area contributed by atoms with Crippen LogP contribution in [0.15, 0.2) is 23.2 Å². The molecule has 0 aliphatic carbocycles. The highest BCUT2D eigenvalue weighted by molar-refractivity contribution is 7.73. The summed E-state index contributed by atoms with van der Waals surface area (Å²) in [4.78, 5) is 28.3. The Bertz CT molecular complexity index is 1130. The number of benzene rings is 1. The van der Waals surface area contributed by atoms with Crippen molar-refractivity contribution >= 4 is 58.5 Å².